The van der Waals surface area contributed by atoms with Crippen molar-refractivity contribution in [2.24, 2.45) is 0 Å². The summed E-state index contributed by atoms with van der Waals surface area (Å²) in [6.07, 6.45) is 0.200. The Labute approximate surface area is 117 Å². The summed E-state index contributed by atoms with van der Waals surface area (Å²) in [5.41, 5.74) is 1.54. The minimum atomic E-state index is -0.453. The zero-order chi connectivity index (χ0) is 14.7. The molecule has 0 aromatic heterocycles. The zero-order valence-electron chi connectivity index (χ0n) is 11.5. The molecular weight excluding hydrogens is 258 g/mol. The molecule has 1 aliphatic rings. The molecule has 2 rings (SSSR count). The first-order valence-electron chi connectivity index (χ1n) is 6.37. The molecule has 20 heavy (non-hydrogen) atoms. The maximum Gasteiger partial charge on any atom is 0.251 e. The van der Waals surface area contributed by atoms with E-state index in [1.54, 1.807) is 19.2 Å². The number of hydrogen-bond acceptors (Lipinski definition) is 4. The summed E-state index contributed by atoms with van der Waals surface area (Å²) in [6, 6.07) is 6.64. The zero-order valence-corrected chi connectivity index (χ0v) is 11.5. The van der Waals surface area contributed by atoms with Gasteiger partial charge in [-0.1, -0.05) is 12.1 Å². The summed E-state index contributed by atoms with van der Waals surface area (Å²) in [5.74, 6) is -0.498. The standard InChI is InChI=1S/C14H17N3O3/c1-15-13(19)10-5-3-9(4-6-10)8-16-11-7-12(18)17(2)14(11)20/h3-6,11,16H,7-8H2,1-2H3,(H,15,19). The van der Waals surface area contributed by atoms with Gasteiger partial charge in [0.2, 0.25) is 11.8 Å². The molecule has 2 N–H and O–H groups in total. The topological polar surface area (TPSA) is 78.5 Å². The van der Waals surface area contributed by atoms with Crippen LogP contribution < -0.4 is 10.6 Å². The smallest absolute Gasteiger partial charge is 0.251 e. The van der Waals surface area contributed by atoms with Crippen molar-refractivity contribution in [3.63, 3.8) is 0 Å². The molecule has 1 fully saturated rings. The third kappa shape index (κ3) is 2.85. The number of likely N-dealkylation sites (tertiary alicyclic amines) is 1. The van der Waals surface area contributed by atoms with Crippen LogP contribution in [-0.4, -0.2) is 42.8 Å². The third-order valence-electron chi connectivity index (χ3n) is 3.38. The normalized spacial score (nSPS) is 18.5. The molecule has 106 valence electrons. The average Bonchev–Trinajstić information content (AvgIpc) is 2.72. The van der Waals surface area contributed by atoms with Gasteiger partial charge in [-0.3, -0.25) is 19.3 Å². The fraction of sp³-hybridized carbons (Fsp3) is 0.357. The number of imide groups is 1. The fourth-order valence-electron chi connectivity index (χ4n) is 2.07. The number of likely N-dealkylation sites (N-methyl/N-ethyl adjacent to an activating group) is 1. The molecule has 1 aliphatic heterocycles. The second kappa shape index (κ2) is 5.83. The van der Waals surface area contributed by atoms with Gasteiger partial charge in [0.1, 0.15) is 0 Å². The first kappa shape index (κ1) is 14.2. The van der Waals surface area contributed by atoms with Crippen molar-refractivity contribution in [3.8, 4) is 0 Å². The summed E-state index contributed by atoms with van der Waals surface area (Å²) in [4.78, 5) is 35.6. The number of carbonyl (C=O) groups excluding carboxylic acids is 3. The van der Waals surface area contributed by atoms with E-state index in [-0.39, 0.29) is 24.1 Å². The number of amides is 3. The maximum absolute atomic E-state index is 11.7. The van der Waals surface area contributed by atoms with Gasteiger partial charge in [0.25, 0.3) is 5.91 Å². The molecule has 3 amide bonds. The van der Waals surface area contributed by atoms with Gasteiger partial charge in [0, 0.05) is 26.2 Å². The monoisotopic (exact) mass is 275 g/mol. The van der Waals surface area contributed by atoms with Gasteiger partial charge in [-0.15, -0.1) is 0 Å². The van der Waals surface area contributed by atoms with Gasteiger partial charge in [-0.25, -0.2) is 0 Å². The maximum atomic E-state index is 11.7. The lowest BCUT2D eigenvalue weighted by Gasteiger charge is -2.11. The Morgan fingerprint density at radius 2 is 1.95 bits per heavy atom. The second-order valence-corrected chi connectivity index (χ2v) is 4.70. The van der Waals surface area contributed by atoms with Crippen molar-refractivity contribution in [2.75, 3.05) is 14.1 Å². The van der Waals surface area contributed by atoms with Crippen LogP contribution in [0.25, 0.3) is 0 Å². The highest BCUT2D eigenvalue weighted by Crippen LogP contribution is 2.12. The summed E-state index contributed by atoms with van der Waals surface area (Å²) in [5, 5.41) is 5.61. The van der Waals surface area contributed by atoms with E-state index in [9.17, 15) is 14.4 Å². The minimum Gasteiger partial charge on any atom is -0.355 e. The lowest BCUT2D eigenvalue weighted by molar-refractivity contribution is -0.137. The van der Waals surface area contributed by atoms with Crippen LogP contribution in [0.5, 0.6) is 0 Å². The molecule has 0 spiro atoms. The van der Waals surface area contributed by atoms with E-state index in [0.29, 0.717) is 12.1 Å². The van der Waals surface area contributed by atoms with Crippen LogP contribution in [0.3, 0.4) is 0 Å². The predicted octanol–water partition coefficient (Wildman–Crippen LogP) is -0.107. The Morgan fingerprint density at radius 1 is 1.30 bits per heavy atom. The lowest BCUT2D eigenvalue weighted by atomic mass is 10.1. The number of benzene rings is 1. The van der Waals surface area contributed by atoms with Crippen LogP contribution in [0.2, 0.25) is 0 Å². The molecular formula is C14H17N3O3. The predicted molar refractivity (Wildman–Crippen MR) is 72.9 cm³/mol. The number of rotatable bonds is 4. The van der Waals surface area contributed by atoms with Gasteiger partial charge in [-0.2, -0.15) is 0 Å². The molecule has 0 radical (unpaired) electrons. The van der Waals surface area contributed by atoms with Crippen molar-refractivity contribution in [1.29, 1.82) is 0 Å². The molecule has 1 aromatic rings. The highest BCUT2D eigenvalue weighted by molar-refractivity contribution is 6.05. The quantitative estimate of drug-likeness (QED) is 0.752. The molecule has 1 heterocycles. The van der Waals surface area contributed by atoms with Gasteiger partial charge in [-0.05, 0) is 17.7 Å². The van der Waals surface area contributed by atoms with Crippen molar-refractivity contribution in [1.82, 2.24) is 15.5 Å². The molecule has 0 saturated carbocycles. The number of nitrogens with one attached hydrogen (secondary N) is 2. The van der Waals surface area contributed by atoms with Crippen molar-refractivity contribution in [2.45, 2.75) is 19.0 Å². The summed E-state index contributed by atoms with van der Waals surface area (Å²) >= 11 is 0. The molecule has 6 nitrogen and oxygen atoms in total. The van der Waals surface area contributed by atoms with Crippen LogP contribution in [0.1, 0.15) is 22.3 Å². The molecule has 1 atom stereocenters. The van der Waals surface area contributed by atoms with E-state index in [4.69, 9.17) is 0 Å². The average molecular weight is 275 g/mol. The fourth-order valence-corrected chi connectivity index (χ4v) is 2.07. The first-order chi connectivity index (χ1) is 9.52. The minimum absolute atomic E-state index is 0.136. The van der Waals surface area contributed by atoms with Gasteiger partial charge < -0.3 is 10.6 Å². The van der Waals surface area contributed by atoms with Crippen LogP contribution >= 0.6 is 0 Å². The highest BCUT2D eigenvalue weighted by Gasteiger charge is 2.35. The molecule has 1 aromatic carbocycles. The SMILES string of the molecule is CNC(=O)c1ccc(CNC2CC(=O)N(C)C2=O)cc1. The van der Waals surface area contributed by atoms with Gasteiger partial charge >= 0.3 is 0 Å². The third-order valence-corrected chi connectivity index (χ3v) is 3.38. The Kier molecular flexibility index (Phi) is 4.14. The van der Waals surface area contributed by atoms with Crippen molar-refractivity contribution < 1.29 is 14.4 Å². The van der Waals surface area contributed by atoms with Crippen LogP contribution in [0, 0.1) is 0 Å². The van der Waals surface area contributed by atoms with Crippen LogP contribution in [-0.2, 0) is 16.1 Å². The summed E-state index contributed by atoms with van der Waals surface area (Å²) < 4.78 is 0. The Balaban J connectivity index is 1.93. The summed E-state index contributed by atoms with van der Waals surface area (Å²) in [7, 11) is 3.07. The molecule has 1 saturated heterocycles. The van der Waals surface area contributed by atoms with Crippen molar-refractivity contribution in [3.05, 3.63) is 35.4 Å². The molecule has 0 aliphatic carbocycles. The Bertz CT molecular complexity index is 539. The highest BCUT2D eigenvalue weighted by atomic mass is 16.2. The lowest BCUT2D eigenvalue weighted by Crippen LogP contribution is -2.36. The van der Waals surface area contributed by atoms with E-state index >= 15 is 0 Å². The number of nitrogens with zero attached hydrogens (tertiary/aromatic N) is 1. The Morgan fingerprint density at radius 3 is 2.45 bits per heavy atom. The van der Waals surface area contributed by atoms with E-state index in [1.165, 1.54) is 7.05 Å². The van der Waals surface area contributed by atoms with E-state index in [2.05, 4.69) is 10.6 Å². The van der Waals surface area contributed by atoms with E-state index in [1.807, 2.05) is 12.1 Å². The Hall–Kier alpha value is -2.21. The first-order valence-corrected chi connectivity index (χ1v) is 6.37. The number of hydrogen-bond donors (Lipinski definition) is 2. The van der Waals surface area contributed by atoms with Gasteiger partial charge in [0.15, 0.2) is 0 Å². The van der Waals surface area contributed by atoms with Crippen LogP contribution in [0.15, 0.2) is 24.3 Å². The second-order valence-electron chi connectivity index (χ2n) is 4.70. The molecule has 1 unspecified atom stereocenters. The van der Waals surface area contributed by atoms with E-state index < -0.39 is 6.04 Å². The molecule has 6 heteroatoms. The van der Waals surface area contributed by atoms with Crippen LogP contribution in [0.4, 0.5) is 0 Å². The number of carbonyl (C=O) groups is 3. The molecule has 0 bridgehead atoms. The van der Waals surface area contributed by atoms with E-state index in [0.717, 1.165) is 10.5 Å². The largest absolute Gasteiger partial charge is 0.355 e. The van der Waals surface area contributed by atoms with Crippen molar-refractivity contribution >= 4 is 17.7 Å². The van der Waals surface area contributed by atoms with Gasteiger partial charge in [0.05, 0.1) is 12.5 Å². The summed E-state index contributed by atoms with van der Waals surface area (Å²) in [6.45, 7) is 0.478.